The number of ether oxygens (including phenoxy) is 2. The van der Waals surface area contributed by atoms with Crippen LogP contribution in [-0.2, 0) is 16.1 Å². The molecule has 0 saturated carbocycles. The zero-order valence-corrected chi connectivity index (χ0v) is 20.3. The zero-order valence-electron chi connectivity index (χ0n) is 20.3. The van der Waals surface area contributed by atoms with E-state index in [9.17, 15) is 4.79 Å². The minimum atomic E-state index is -0.580. The number of rotatable bonds is 8. The van der Waals surface area contributed by atoms with Gasteiger partial charge >= 0.3 is 6.09 Å². The fraction of sp³-hybridized carbons (Fsp3) is 0.345. The number of alkyl carbamates (subject to hydrolysis) is 1. The van der Waals surface area contributed by atoms with E-state index < -0.39 is 11.7 Å². The maximum absolute atomic E-state index is 12.8. The Hall–Kier alpha value is -3.11. The van der Waals surface area contributed by atoms with Crippen LogP contribution in [0.2, 0.25) is 0 Å². The molecule has 1 amide bonds. The second-order valence-corrected chi connectivity index (χ2v) is 9.56. The summed E-state index contributed by atoms with van der Waals surface area (Å²) >= 11 is 0. The van der Waals surface area contributed by atoms with Crippen LogP contribution >= 0.6 is 0 Å². The molecule has 3 aromatic rings. The fourth-order valence-corrected chi connectivity index (χ4v) is 4.11. The molecule has 1 unspecified atom stereocenters. The number of carbonyl (C=O) groups is 1. The van der Waals surface area contributed by atoms with Crippen molar-refractivity contribution in [1.29, 1.82) is 0 Å². The summed E-state index contributed by atoms with van der Waals surface area (Å²) in [5.74, 6) is -0.0841. The van der Waals surface area contributed by atoms with Gasteiger partial charge in [-0.25, -0.2) is 4.79 Å². The average molecular weight is 446 g/mol. The SMILES string of the molecule is Cc1cc(C)cc(COCC(NC(=O)OC(C)(C)C)C(c2ccccc2)c2ccccc2)c1. The van der Waals surface area contributed by atoms with Gasteiger partial charge in [0.1, 0.15) is 5.60 Å². The summed E-state index contributed by atoms with van der Waals surface area (Å²) < 4.78 is 11.8. The van der Waals surface area contributed by atoms with Gasteiger partial charge in [-0.2, -0.15) is 0 Å². The first kappa shape index (κ1) is 24.5. The van der Waals surface area contributed by atoms with E-state index in [-0.39, 0.29) is 12.0 Å². The van der Waals surface area contributed by atoms with Crippen molar-refractivity contribution in [3.63, 3.8) is 0 Å². The molecule has 0 aromatic heterocycles. The third-order valence-electron chi connectivity index (χ3n) is 5.27. The molecule has 0 aliphatic rings. The van der Waals surface area contributed by atoms with Crippen molar-refractivity contribution >= 4 is 6.09 Å². The summed E-state index contributed by atoms with van der Waals surface area (Å²) in [7, 11) is 0. The molecule has 0 bridgehead atoms. The molecule has 174 valence electrons. The smallest absolute Gasteiger partial charge is 0.407 e. The third kappa shape index (κ3) is 7.76. The molecule has 0 heterocycles. The van der Waals surface area contributed by atoms with Crippen LogP contribution in [0.15, 0.2) is 78.9 Å². The van der Waals surface area contributed by atoms with Crippen LogP contribution < -0.4 is 5.32 Å². The highest BCUT2D eigenvalue weighted by atomic mass is 16.6. The van der Waals surface area contributed by atoms with Gasteiger partial charge in [0, 0.05) is 5.92 Å². The first-order valence-corrected chi connectivity index (χ1v) is 11.5. The predicted molar refractivity (Wildman–Crippen MR) is 133 cm³/mol. The van der Waals surface area contributed by atoms with E-state index in [2.05, 4.69) is 61.6 Å². The normalized spacial score (nSPS) is 12.4. The van der Waals surface area contributed by atoms with E-state index in [0.29, 0.717) is 13.2 Å². The topological polar surface area (TPSA) is 47.6 Å². The van der Waals surface area contributed by atoms with E-state index in [0.717, 1.165) is 16.7 Å². The molecule has 1 N–H and O–H groups in total. The van der Waals surface area contributed by atoms with Crippen LogP contribution in [0.3, 0.4) is 0 Å². The van der Waals surface area contributed by atoms with Gasteiger partial charge in [0.25, 0.3) is 0 Å². The molecule has 4 heteroatoms. The zero-order chi connectivity index (χ0) is 23.8. The molecule has 0 spiro atoms. The summed E-state index contributed by atoms with van der Waals surface area (Å²) in [5, 5.41) is 3.09. The predicted octanol–water partition coefficient (Wildman–Crippen LogP) is 6.55. The third-order valence-corrected chi connectivity index (χ3v) is 5.27. The van der Waals surface area contributed by atoms with Gasteiger partial charge in [-0.1, -0.05) is 90.0 Å². The number of nitrogens with one attached hydrogen (secondary N) is 1. The number of amides is 1. The van der Waals surface area contributed by atoms with Gasteiger partial charge in [0.15, 0.2) is 0 Å². The number of hydrogen-bond acceptors (Lipinski definition) is 3. The monoisotopic (exact) mass is 445 g/mol. The van der Waals surface area contributed by atoms with Gasteiger partial charge in [0.2, 0.25) is 0 Å². The lowest BCUT2D eigenvalue weighted by molar-refractivity contribution is 0.0416. The summed E-state index contributed by atoms with van der Waals surface area (Å²) in [4.78, 5) is 12.8. The number of aryl methyl sites for hydroxylation is 2. The maximum atomic E-state index is 12.8. The Bertz CT molecular complexity index is 966. The molecule has 0 aliphatic carbocycles. The largest absolute Gasteiger partial charge is 0.444 e. The molecular formula is C29H35NO3. The molecule has 3 aromatic carbocycles. The quantitative estimate of drug-likeness (QED) is 0.428. The molecule has 0 aliphatic heterocycles. The van der Waals surface area contributed by atoms with Crippen molar-refractivity contribution in [3.05, 3.63) is 107 Å². The highest BCUT2D eigenvalue weighted by molar-refractivity contribution is 5.68. The van der Waals surface area contributed by atoms with Gasteiger partial charge in [-0.15, -0.1) is 0 Å². The van der Waals surface area contributed by atoms with E-state index in [4.69, 9.17) is 9.47 Å². The van der Waals surface area contributed by atoms with Crippen LogP contribution in [0.4, 0.5) is 4.79 Å². The number of benzene rings is 3. The first-order chi connectivity index (χ1) is 15.7. The van der Waals surface area contributed by atoms with Gasteiger partial charge in [-0.3, -0.25) is 0 Å². The van der Waals surface area contributed by atoms with Crippen molar-refractivity contribution in [2.24, 2.45) is 0 Å². The van der Waals surface area contributed by atoms with Crippen molar-refractivity contribution in [2.45, 2.75) is 58.8 Å². The molecule has 0 saturated heterocycles. The Balaban J connectivity index is 1.87. The molecule has 0 fully saturated rings. The first-order valence-electron chi connectivity index (χ1n) is 11.5. The molecule has 1 atom stereocenters. The standard InChI is InChI=1S/C29H35NO3/c1-21-16-22(2)18-23(17-21)19-32-20-26(30-28(31)33-29(3,4)5)27(24-12-8-6-9-13-24)25-14-10-7-11-15-25/h6-18,26-27H,19-20H2,1-5H3,(H,30,31). The number of hydrogen-bond donors (Lipinski definition) is 1. The van der Waals surface area contributed by atoms with Gasteiger partial charge in [0.05, 0.1) is 19.3 Å². The van der Waals surface area contributed by atoms with E-state index in [1.807, 2.05) is 57.2 Å². The highest BCUT2D eigenvalue weighted by Crippen LogP contribution is 2.29. The van der Waals surface area contributed by atoms with Crippen LogP contribution in [0.1, 0.15) is 54.5 Å². The molecule has 3 rings (SSSR count). The Morgan fingerprint density at radius 3 is 1.85 bits per heavy atom. The Labute approximate surface area is 197 Å². The summed E-state index contributed by atoms with van der Waals surface area (Å²) in [6.07, 6.45) is -0.445. The van der Waals surface area contributed by atoms with Gasteiger partial charge < -0.3 is 14.8 Å². The summed E-state index contributed by atoms with van der Waals surface area (Å²) in [5.41, 5.74) is 5.19. The fourth-order valence-electron chi connectivity index (χ4n) is 4.11. The minimum absolute atomic E-state index is 0.0841. The highest BCUT2D eigenvalue weighted by Gasteiger charge is 2.28. The van der Waals surface area contributed by atoms with Gasteiger partial charge in [-0.05, 0) is 51.3 Å². The number of carbonyl (C=O) groups excluding carboxylic acids is 1. The van der Waals surface area contributed by atoms with E-state index in [1.54, 1.807) is 0 Å². The lowest BCUT2D eigenvalue weighted by atomic mass is 9.85. The van der Waals surface area contributed by atoms with E-state index in [1.165, 1.54) is 11.1 Å². The summed E-state index contributed by atoms with van der Waals surface area (Å²) in [6.45, 7) is 10.6. The van der Waals surface area contributed by atoms with Crippen molar-refractivity contribution in [1.82, 2.24) is 5.32 Å². The summed E-state index contributed by atoms with van der Waals surface area (Å²) in [6, 6.07) is 26.5. The Kier molecular flexibility index (Phi) is 8.29. The maximum Gasteiger partial charge on any atom is 0.407 e. The molecule has 4 nitrogen and oxygen atoms in total. The minimum Gasteiger partial charge on any atom is -0.444 e. The second kappa shape index (κ2) is 11.2. The molecular weight excluding hydrogens is 410 g/mol. The van der Waals surface area contributed by atoms with Crippen LogP contribution in [0.25, 0.3) is 0 Å². The molecule has 0 radical (unpaired) electrons. The van der Waals surface area contributed by atoms with Crippen LogP contribution in [0, 0.1) is 13.8 Å². The second-order valence-electron chi connectivity index (χ2n) is 9.56. The van der Waals surface area contributed by atoms with Crippen molar-refractivity contribution in [3.8, 4) is 0 Å². The molecule has 33 heavy (non-hydrogen) atoms. The Morgan fingerprint density at radius 1 is 0.848 bits per heavy atom. The van der Waals surface area contributed by atoms with Crippen molar-refractivity contribution < 1.29 is 14.3 Å². The van der Waals surface area contributed by atoms with Crippen molar-refractivity contribution in [2.75, 3.05) is 6.61 Å². The van der Waals surface area contributed by atoms with Crippen LogP contribution in [0.5, 0.6) is 0 Å². The van der Waals surface area contributed by atoms with E-state index >= 15 is 0 Å². The lowest BCUT2D eigenvalue weighted by Crippen LogP contribution is -2.45. The Morgan fingerprint density at radius 2 is 1.36 bits per heavy atom. The average Bonchev–Trinajstić information content (AvgIpc) is 2.73. The lowest BCUT2D eigenvalue weighted by Gasteiger charge is -2.30. The van der Waals surface area contributed by atoms with Crippen LogP contribution in [-0.4, -0.2) is 24.3 Å².